The average molecular weight is 302 g/mol. The fraction of sp³-hybridized carbons (Fsp3) is 0.214. The zero-order valence-corrected chi connectivity index (χ0v) is 12.2. The molecule has 0 aliphatic heterocycles. The minimum absolute atomic E-state index is 0.477. The van der Waals surface area contributed by atoms with Crippen LogP contribution in [0, 0.1) is 13.8 Å². The Kier molecular flexibility index (Phi) is 3.59. The van der Waals surface area contributed by atoms with Gasteiger partial charge in [0.25, 0.3) is 3.79 Å². The van der Waals surface area contributed by atoms with E-state index in [4.69, 9.17) is 34.8 Å². The number of hydrogen-bond donors (Lipinski definition) is 0. The van der Waals surface area contributed by atoms with Gasteiger partial charge in [0.15, 0.2) is 0 Å². The smallest absolute Gasteiger partial charge is 0.253 e. The van der Waals surface area contributed by atoms with E-state index in [9.17, 15) is 4.79 Å². The van der Waals surface area contributed by atoms with Gasteiger partial charge < -0.3 is 0 Å². The molecule has 0 saturated carbocycles. The van der Waals surface area contributed by atoms with Crippen molar-refractivity contribution >= 4 is 40.6 Å². The summed E-state index contributed by atoms with van der Waals surface area (Å²) < 4.78 is -1.92. The molecule has 0 unspecified atom stereocenters. The molecule has 1 nitrogen and oxygen atoms in total. The summed E-state index contributed by atoms with van der Waals surface area (Å²) >= 11 is 17.1. The fourth-order valence-corrected chi connectivity index (χ4v) is 2.40. The molecule has 94 valence electrons. The highest BCUT2D eigenvalue weighted by molar-refractivity contribution is 6.77. The number of fused-ring (bicyclic) bond motifs is 1. The van der Waals surface area contributed by atoms with Gasteiger partial charge in [0.05, 0.1) is 0 Å². The van der Waals surface area contributed by atoms with Crippen molar-refractivity contribution in [1.29, 1.82) is 0 Å². The standard InChI is InChI=1S/C14H11Cl3O/c1-8-9(2)12(13(18)14(15,16)17)11-7-5-3-4-6-10(8)11/h3-7H,1-2H3. The second kappa shape index (κ2) is 4.73. The molecule has 0 atom stereocenters. The third kappa shape index (κ3) is 2.23. The number of alkyl halides is 3. The van der Waals surface area contributed by atoms with E-state index in [2.05, 4.69) is 0 Å². The number of carbonyl (C=O) groups is 1. The van der Waals surface area contributed by atoms with Gasteiger partial charge >= 0.3 is 0 Å². The zero-order chi connectivity index (χ0) is 13.5. The van der Waals surface area contributed by atoms with Gasteiger partial charge in [-0.2, -0.15) is 0 Å². The van der Waals surface area contributed by atoms with Crippen molar-refractivity contribution in [3.8, 4) is 11.1 Å². The molecule has 18 heavy (non-hydrogen) atoms. The van der Waals surface area contributed by atoms with Crippen molar-refractivity contribution in [2.24, 2.45) is 0 Å². The third-order valence-electron chi connectivity index (χ3n) is 3.13. The zero-order valence-electron chi connectivity index (χ0n) is 9.93. The Morgan fingerprint density at radius 3 is 2.06 bits per heavy atom. The maximum atomic E-state index is 12.2. The summed E-state index contributed by atoms with van der Waals surface area (Å²) in [5.41, 5.74) is 4.24. The van der Waals surface area contributed by atoms with E-state index in [0.717, 1.165) is 22.3 Å². The molecule has 0 radical (unpaired) electrons. The van der Waals surface area contributed by atoms with Gasteiger partial charge in [-0.25, -0.2) is 0 Å². The minimum Gasteiger partial charge on any atom is -0.289 e. The molecule has 0 amide bonds. The van der Waals surface area contributed by atoms with Crippen LogP contribution in [0.3, 0.4) is 0 Å². The average Bonchev–Trinajstić information content (AvgIpc) is 2.48. The summed E-state index contributed by atoms with van der Waals surface area (Å²) in [6.07, 6.45) is 0. The molecule has 0 aromatic carbocycles. The Labute approximate surface area is 121 Å². The number of carbonyl (C=O) groups excluding carboxylic acids is 1. The predicted molar refractivity (Wildman–Crippen MR) is 77.2 cm³/mol. The van der Waals surface area contributed by atoms with Crippen LogP contribution in [0.15, 0.2) is 30.3 Å². The normalized spacial score (nSPS) is 11.8. The first-order valence-corrected chi connectivity index (χ1v) is 6.57. The lowest BCUT2D eigenvalue weighted by molar-refractivity contribution is 0.0996. The Hall–Kier alpha value is -0.760. The highest BCUT2D eigenvalue weighted by atomic mass is 35.6. The first-order valence-electron chi connectivity index (χ1n) is 5.43. The lowest BCUT2D eigenvalue weighted by atomic mass is 10.1. The van der Waals surface area contributed by atoms with Gasteiger partial charge in [-0.05, 0) is 36.1 Å². The van der Waals surface area contributed by atoms with Crippen molar-refractivity contribution in [3.63, 3.8) is 0 Å². The van der Waals surface area contributed by atoms with E-state index in [1.165, 1.54) is 0 Å². The van der Waals surface area contributed by atoms with Crippen LogP contribution in [-0.2, 0) is 0 Å². The number of hydrogen-bond acceptors (Lipinski definition) is 1. The Balaban J connectivity index is 2.75. The van der Waals surface area contributed by atoms with Gasteiger partial charge in [-0.15, -0.1) is 0 Å². The number of Topliss-reactive ketones (excluding diaryl/α,β-unsaturated/α-hetero) is 1. The molecule has 0 aromatic rings. The van der Waals surface area contributed by atoms with Gasteiger partial charge in [0.1, 0.15) is 0 Å². The number of rotatable bonds is 1. The molecule has 4 heteroatoms. The van der Waals surface area contributed by atoms with Gasteiger partial charge in [0, 0.05) is 5.56 Å². The van der Waals surface area contributed by atoms with Crippen molar-refractivity contribution in [2.75, 3.05) is 0 Å². The van der Waals surface area contributed by atoms with Crippen LogP contribution in [-0.4, -0.2) is 9.58 Å². The van der Waals surface area contributed by atoms with Crippen LogP contribution in [0.2, 0.25) is 0 Å². The maximum Gasteiger partial charge on any atom is 0.253 e. The number of halogens is 3. The fourth-order valence-electron chi connectivity index (χ4n) is 2.12. The second-order valence-corrected chi connectivity index (χ2v) is 6.47. The second-order valence-electron chi connectivity index (χ2n) is 4.19. The van der Waals surface area contributed by atoms with Gasteiger partial charge in [-0.1, -0.05) is 65.1 Å². The van der Waals surface area contributed by atoms with E-state index >= 15 is 0 Å². The quantitative estimate of drug-likeness (QED) is 0.537. The molecule has 2 aliphatic rings. The molecule has 0 fully saturated rings. The van der Waals surface area contributed by atoms with E-state index in [1.54, 1.807) is 0 Å². The predicted octanol–water partition coefficient (Wildman–Crippen LogP) is 4.96. The summed E-state index contributed by atoms with van der Waals surface area (Å²) in [5, 5.41) is 0. The molecule has 0 bridgehead atoms. The summed E-state index contributed by atoms with van der Waals surface area (Å²) in [7, 11) is 0. The van der Waals surface area contributed by atoms with Crippen LogP contribution >= 0.6 is 34.8 Å². The van der Waals surface area contributed by atoms with Crippen molar-refractivity contribution in [2.45, 2.75) is 17.6 Å². The molecule has 0 heterocycles. The molecule has 2 rings (SSSR count). The monoisotopic (exact) mass is 300 g/mol. The maximum absolute atomic E-state index is 12.2. The Morgan fingerprint density at radius 2 is 1.50 bits per heavy atom. The van der Waals surface area contributed by atoms with E-state index in [1.807, 2.05) is 44.2 Å². The van der Waals surface area contributed by atoms with Crippen LogP contribution in [0.25, 0.3) is 11.1 Å². The highest BCUT2D eigenvalue weighted by Crippen LogP contribution is 2.40. The van der Waals surface area contributed by atoms with Gasteiger partial charge in [-0.3, -0.25) is 4.79 Å². The molecular weight excluding hydrogens is 291 g/mol. The van der Waals surface area contributed by atoms with Crippen molar-refractivity contribution < 1.29 is 4.79 Å². The lowest BCUT2D eigenvalue weighted by Gasteiger charge is -2.10. The summed E-state index contributed by atoms with van der Waals surface area (Å²) in [6, 6.07) is 9.54. The van der Waals surface area contributed by atoms with E-state index in [-0.39, 0.29) is 0 Å². The first-order chi connectivity index (χ1) is 8.34. The SMILES string of the molecule is Cc1c2cccccc-2c(C(=O)C(Cl)(Cl)Cl)c1C. The van der Waals surface area contributed by atoms with Crippen LogP contribution in [0.5, 0.6) is 0 Å². The lowest BCUT2D eigenvalue weighted by Crippen LogP contribution is -2.19. The van der Waals surface area contributed by atoms with Crippen LogP contribution < -0.4 is 0 Å². The molecule has 0 aromatic heterocycles. The van der Waals surface area contributed by atoms with E-state index < -0.39 is 9.58 Å². The Morgan fingerprint density at radius 1 is 0.944 bits per heavy atom. The van der Waals surface area contributed by atoms with E-state index in [0.29, 0.717) is 5.56 Å². The molecule has 2 aliphatic carbocycles. The highest BCUT2D eigenvalue weighted by Gasteiger charge is 2.36. The summed E-state index contributed by atoms with van der Waals surface area (Å²) in [4.78, 5) is 12.2. The van der Waals surface area contributed by atoms with Crippen molar-refractivity contribution in [3.05, 3.63) is 47.0 Å². The largest absolute Gasteiger partial charge is 0.289 e. The Bertz CT molecular complexity index is 584. The molecule has 0 N–H and O–H groups in total. The van der Waals surface area contributed by atoms with Crippen LogP contribution in [0.1, 0.15) is 21.5 Å². The van der Waals surface area contributed by atoms with Gasteiger partial charge in [0.2, 0.25) is 5.78 Å². The summed E-state index contributed by atoms with van der Waals surface area (Å²) in [6.45, 7) is 3.84. The third-order valence-corrected chi connectivity index (χ3v) is 3.65. The molecule has 0 saturated heterocycles. The topological polar surface area (TPSA) is 17.1 Å². The molecule has 0 spiro atoms. The molecular formula is C14H11Cl3O. The minimum atomic E-state index is -1.92. The van der Waals surface area contributed by atoms with Crippen molar-refractivity contribution in [1.82, 2.24) is 0 Å². The number of ketones is 1. The first kappa shape index (κ1) is 13.7. The summed E-state index contributed by atoms with van der Waals surface area (Å²) in [5.74, 6) is -0.477. The van der Waals surface area contributed by atoms with Crippen LogP contribution in [0.4, 0.5) is 0 Å².